The molecule has 128 valence electrons. The molecule has 23 heavy (non-hydrogen) atoms. The first kappa shape index (κ1) is 20.0. The summed E-state index contributed by atoms with van der Waals surface area (Å²) in [5.74, 6) is -1.07. The Morgan fingerprint density at radius 1 is 1.39 bits per heavy atom. The van der Waals surface area contributed by atoms with Crippen LogP contribution in [0.3, 0.4) is 0 Å². The third kappa shape index (κ3) is 5.24. The molecule has 1 saturated heterocycles. The topological polar surface area (TPSA) is 69.6 Å². The van der Waals surface area contributed by atoms with Gasteiger partial charge in [-0.3, -0.25) is 14.5 Å². The lowest BCUT2D eigenvalue weighted by Gasteiger charge is -2.22. The van der Waals surface area contributed by atoms with Crippen molar-refractivity contribution in [3.8, 4) is 0 Å². The number of carboxylic acids is 1. The fraction of sp³-hybridized carbons (Fsp3) is 0.467. The van der Waals surface area contributed by atoms with Gasteiger partial charge in [-0.05, 0) is 44.0 Å². The van der Waals surface area contributed by atoms with Gasteiger partial charge in [0.15, 0.2) is 0 Å². The number of carbonyl (C=O) groups is 2. The van der Waals surface area contributed by atoms with Gasteiger partial charge in [-0.2, -0.15) is 0 Å². The number of nitrogens with one attached hydrogen (secondary N) is 1. The molecule has 1 heterocycles. The number of halogens is 3. The molecule has 8 heteroatoms. The Kier molecular flexibility index (Phi) is 7.61. The molecule has 0 radical (unpaired) electrons. The molecule has 0 aliphatic carbocycles. The van der Waals surface area contributed by atoms with Gasteiger partial charge in [0.2, 0.25) is 5.91 Å². The zero-order chi connectivity index (χ0) is 16.3. The van der Waals surface area contributed by atoms with Crippen molar-refractivity contribution in [3.05, 3.63) is 33.8 Å². The summed E-state index contributed by atoms with van der Waals surface area (Å²) < 4.78 is 0. The predicted octanol–water partition coefficient (Wildman–Crippen LogP) is 3.14. The summed E-state index contributed by atoms with van der Waals surface area (Å²) in [4.78, 5) is 24.9. The number of likely N-dealkylation sites (tertiary alicyclic amines) is 1. The SMILES string of the molecule is CC(NC(=O)CN1CCCC1C(=O)O)c1ccc(Cl)c(Cl)c1.Cl. The summed E-state index contributed by atoms with van der Waals surface area (Å²) in [5, 5.41) is 12.9. The van der Waals surface area contributed by atoms with E-state index in [2.05, 4.69) is 5.32 Å². The maximum absolute atomic E-state index is 12.1. The van der Waals surface area contributed by atoms with E-state index in [-0.39, 0.29) is 30.9 Å². The van der Waals surface area contributed by atoms with E-state index in [9.17, 15) is 9.59 Å². The number of amides is 1. The second-order valence-corrected chi connectivity index (χ2v) is 6.24. The van der Waals surface area contributed by atoms with Crippen LogP contribution >= 0.6 is 35.6 Å². The maximum Gasteiger partial charge on any atom is 0.320 e. The minimum absolute atomic E-state index is 0. The van der Waals surface area contributed by atoms with Crippen molar-refractivity contribution in [1.29, 1.82) is 0 Å². The summed E-state index contributed by atoms with van der Waals surface area (Å²) in [7, 11) is 0. The first-order valence-electron chi connectivity index (χ1n) is 7.09. The summed E-state index contributed by atoms with van der Waals surface area (Å²) in [6.45, 7) is 2.56. The van der Waals surface area contributed by atoms with Gasteiger partial charge in [0.1, 0.15) is 6.04 Å². The van der Waals surface area contributed by atoms with Gasteiger partial charge < -0.3 is 10.4 Å². The van der Waals surface area contributed by atoms with Gasteiger partial charge in [-0.25, -0.2) is 0 Å². The zero-order valence-corrected chi connectivity index (χ0v) is 14.9. The van der Waals surface area contributed by atoms with Crippen LogP contribution in [0.15, 0.2) is 18.2 Å². The van der Waals surface area contributed by atoms with E-state index in [1.807, 2.05) is 6.92 Å². The maximum atomic E-state index is 12.1. The summed E-state index contributed by atoms with van der Waals surface area (Å²) in [5.41, 5.74) is 0.846. The number of hydrogen-bond donors (Lipinski definition) is 2. The molecule has 1 fully saturated rings. The Morgan fingerprint density at radius 2 is 2.09 bits per heavy atom. The normalized spacial score (nSPS) is 19.0. The lowest BCUT2D eigenvalue weighted by atomic mass is 10.1. The van der Waals surface area contributed by atoms with Crippen LogP contribution in [0.1, 0.15) is 31.4 Å². The standard InChI is InChI=1S/C15H18Cl2N2O3.ClH/c1-9(10-4-5-11(16)12(17)7-10)18-14(20)8-19-6-2-3-13(19)15(21)22;/h4-5,7,9,13H,2-3,6,8H2,1H3,(H,18,20)(H,21,22);1H. The lowest BCUT2D eigenvalue weighted by Crippen LogP contribution is -2.43. The second kappa shape index (κ2) is 8.73. The predicted molar refractivity (Wildman–Crippen MR) is 92.5 cm³/mol. The molecular weight excluding hydrogens is 363 g/mol. The Balaban J connectivity index is 0.00000264. The summed E-state index contributed by atoms with van der Waals surface area (Å²) in [6, 6.07) is 4.40. The first-order valence-corrected chi connectivity index (χ1v) is 7.85. The minimum Gasteiger partial charge on any atom is -0.480 e. The zero-order valence-electron chi connectivity index (χ0n) is 12.6. The van der Waals surface area contributed by atoms with Crippen LogP contribution in [0.25, 0.3) is 0 Å². The molecule has 1 aromatic rings. The van der Waals surface area contributed by atoms with E-state index in [0.717, 1.165) is 12.0 Å². The van der Waals surface area contributed by atoms with Gasteiger partial charge >= 0.3 is 5.97 Å². The molecule has 1 aromatic carbocycles. The molecule has 2 unspecified atom stereocenters. The van der Waals surface area contributed by atoms with Crippen molar-refractivity contribution < 1.29 is 14.7 Å². The van der Waals surface area contributed by atoms with Gasteiger partial charge in [0.25, 0.3) is 0 Å². The fourth-order valence-electron chi connectivity index (χ4n) is 2.63. The lowest BCUT2D eigenvalue weighted by molar-refractivity contribution is -0.142. The highest BCUT2D eigenvalue weighted by molar-refractivity contribution is 6.42. The largest absolute Gasteiger partial charge is 0.480 e. The average molecular weight is 382 g/mol. The van der Waals surface area contributed by atoms with Crippen molar-refractivity contribution in [3.63, 3.8) is 0 Å². The van der Waals surface area contributed by atoms with Crippen LogP contribution in [0.5, 0.6) is 0 Å². The number of carbonyl (C=O) groups excluding carboxylic acids is 1. The fourth-order valence-corrected chi connectivity index (χ4v) is 2.94. The van der Waals surface area contributed by atoms with E-state index in [0.29, 0.717) is 23.0 Å². The Morgan fingerprint density at radius 3 is 2.70 bits per heavy atom. The number of hydrogen-bond acceptors (Lipinski definition) is 3. The molecule has 5 nitrogen and oxygen atoms in total. The van der Waals surface area contributed by atoms with Crippen molar-refractivity contribution in [2.45, 2.75) is 31.8 Å². The first-order chi connectivity index (χ1) is 10.4. The molecule has 1 aliphatic rings. The molecular formula is C15H19Cl3N2O3. The van der Waals surface area contributed by atoms with Gasteiger partial charge in [0, 0.05) is 0 Å². The van der Waals surface area contributed by atoms with E-state index in [4.69, 9.17) is 28.3 Å². The van der Waals surface area contributed by atoms with Crippen molar-refractivity contribution >= 4 is 47.5 Å². The van der Waals surface area contributed by atoms with Crippen LogP contribution < -0.4 is 5.32 Å². The molecule has 1 aliphatic heterocycles. The van der Waals surface area contributed by atoms with Crippen molar-refractivity contribution in [1.82, 2.24) is 10.2 Å². The number of aliphatic carboxylic acids is 1. The smallest absolute Gasteiger partial charge is 0.320 e. The quantitative estimate of drug-likeness (QED) is 0.822. The van der Waals surface area contributed by atoms with Crippen LogP contribution in [-0.4, -0.2) is 41.0 Å². The van der Waals surface area contributed by atoms with E-state index >= 15 is 0 Å². The van der Waals surface area contributed by atoms with Crippen molar-refractivity contribution in [2.24, 2.45) is 0 Å². The van der Waals surface area contributed by atoms with Gasteiger partial charge in [-0.15, -0.1) is 12.4 Å². The van der Waals surface area contributed by atoms with Crippen LogP contribution in [0.4, 0.5) is 0 Å². The van der Waals surface area contributed by atoms with Crippen LogP contribution in [-0.2, 0) is 9.59 Å². The summed E-state index contributed by atoms with van der Waals surface area (Å²) >= 11 is 11.8. The second-order valence-electron chi connectivity index (χ2n) is 5.43. The Bertz CT molecular complexity index is 583. The highest BCUT2D eigenvalue weighted by Gasteiger charge is 2.31. The number of rotatable bonds is 5. The molecule has 0 saturated carbocycles. The van der Waals surface area contributed by atoms with Gasteiger partial charge in [-0.1, -0.05) is 29.3 Å². The minimum atomic E-state index is -0.872. The van der Waals surface area contributed by atoms with E-state index in [1.165, 1.54) is 0 Å². The van der Waals surface area contributed by atoms with E-state index in [1.54, 1.807) is 23.1 Å². The molecule has 0 spiro atoms. The molecule has 2 N–H and O–H groups in total. The Hall–Kier alpha value is -1.01. The third-order valence-corrected chi connectivity index (χ3v) is 4.56. The molecule has 2 atom stereocenters. The Labute approximate surface area is 151 Å². The highest BCUT2D eigenvalue weighted by atomic mass is 35.5. The van der Waals surface area contributed by atoms with Gasteiger partial charge in [0.05, 0.1) is 22.6 Å². The molecule has 2 rings (SSSR count). The molecule has 1 amide bonds. The third-order valence-electron chi connectivity index (χ3n) is 3.82. The average Bonchev–Trinajstić information content (AvgIpc) is 2.89. The number of nitrogens with zero attached hydrogens (tertiary/aromatic N) is 1. The monoisotopic (exact) mass is 380 g/mol. The highest BCUT2D eigenvalue weighted by Crippen LogP contribution is 2.25. The molecule has 0 bridgehead atoms. The summed E-state index contributed by atoms with van der Waals surface area (Å²) in [6.07, 6.45) is 1.39. The van der Waals surface area contributed by atoms with Crippen LogP contribution in [0.2, 0.25) is 10.0 Å². The number of carboxylic acid groups (broad SMARTS) is 1. The number of benzene rings is 1. The van der Waals surface area contributed by atoms with Crippen molar-refractivity contribution in [2.75, 3.05) is 13.1 Å². The molecule has 0 aromatic heterocycles. The van der Waals surface area contributed by atoms with Crippen LogP contribution in [0, 0.1) is 0 Å². The van der Waals surface area contributed by atoms with E-state index < -0.39 is 12.0 Å².